The topological polar surface area (TPSA) is 44.4 Å². The molecule has 0 bridgehead atoms. The largest absolute Gasteiger partial charge is 0.497 e. The molecule has 1 aromatic carbocycles. The minimum atomic E-state index is 0.229. The zero-order valence-electron chi connectivity index (χ0n) is 14.6. The minimum Gasteiger partial charge on any atom is -0.497 e. The molecule has 0 radical (unpaired) electrons. The fourth-order valence-electron chi connectivity index (χ4n) is 3.16. The Morgan fingerprint density at radius 1 is 1.21 bits per heavy atom. The van der Waals surface area contributed by atoms with E-state index in [2.05, 4.69) is 18.7 Å². The highest BCUT2D eigenvalue weighted by atomic mass is 32.1. The Balaban J connectivity index is 1.84. The second-order valence-electron chi connectivity index (χ2n) is 6.33. The summed E-state index contributed by atoms with van der Waals surface area (Å²) in [7, 11) is 3.62. The van der Waals surface area contributed by atoms with Crippen LogP contribution in [0.25, 0.3) is 11.4 Å². The standard InChI is InChI=1S/C17H24N4O2S/c1-12-9-20(10-13(2)23-12)11-21-17(24)19(3)16(18-21)14-5-7-15(22-4)8-6-14/h5-8,12-13H,9-11H2,1-4H3/t12-,13-/m0/s1. The van der Waals surface area contributed by atoms with Gasteiger partial charge in [0.2, 0.25) is 0 Å². The van der Waals surface area contributed by atoms with Crippen molar-refractivity contribution in [3.63, 3.8) is 0 Å². The van der Waals surface area contributed by atoms with E-state index < -0.39 is 0 Å². The smallest absolute Gasteiger partial charge is 0.199 e. The molecule has 6 nitrogen and oxygen atoms in total. The normalized spacial score (nSPS) is 21.8. The van der Waals surface area contributed by atoms with E-state index in [0.717, 1.165) is 30.2 Å². The highest BCUT2D eigenvalue weighted by Crippen LogP contribution is 2.21. The van der Waals surface area contributed by atoms with Crippen LogP contribution in [0.15, 0.2) is 24.3 Å². The summed E-state index contributed by atoms with van der Waals surface area (Å²) in [6, 6.07) is 7.86. The van der Waals surface area contributed by atoms with Gasteiger partial charge in [-0.1, -0.05) is 0 Å². The SMILES string of the molecule is COc1ccc(-c2nn(CN3C[C@H](C)O[C@@H](C)C3)c(=S)n2C)cc1. The molecule has 1 saturated heterocycles. The first-order valence-electron chi connectivity index (χ1n) is 8.14. The van der Waals surface area contributed by atoms with Gasteiger partial charge in [-0.3, -0.25) is 4.90 Å². The van der Waals surface area contributed by atoms with Crippen molar-refractivity contribution in [2.24, 2.45) is 7.05 Å². The van der Waals surface area contributed by atoms with Crippen molar-refractivity contribution in [2.45, 2.75) is 32.7 Å². The molecular formula is C17H24N4O2S. The lowest BCUT2D eigenvalue weighted by atomic mass is 10.2. The Kier molecular flexibility index (Phi) is 5.03. The van der Waals surface area contributed by atoms with E-state index in [0.29, 0.717) is 11.4 Å². The van der Waals surface area contributed by atoms with Gasteiger partial charge in [-0.2, -0.15) is 5.10 Å². The van der Waals surface area contributed by atoms with Crippen LogP contribution in [0.3, 0.4) is 0 Å². The monoisotopic (exact) mass is 348 g/mol. The molecule has 0 saturated carbocycles. The van der Waals surface area contributed by atoms with Crippen LogP contribution in [0.5, 0.6) is 5.75 Å². The fourth-order valence-corrected chi connectivity index (χ4v) is 3.35. The molecule has 0 spiro atoms. The van der Waals surface area contributed by atoms with Gasteiger partial charge in [0, 0.05) is 25.7 Å². The molecule has 2 heterocycles. The fraction of sp³-hybridized carbons (Fsp3) is 0.529. The third-order valence-electron chi connectivity index (χ3n) is 4.22. The number of ether oxygens (including phenoxy) is 2. The minimum absolute atomic E-state index is 0.229. The lowest BCUT2D eigenvalue weighted by Gasteiger charge is -2.34. The molecule has 0 N–H and O–H groups in total. The molecule has 130 valence electrons. The Labute approximate surface area is 147 Å². The van der Waals surface area contributed by atoms with Gasteiger partial charge < -0.3 is 14.0 Å². The van der Waals surface area contributed by atoms with Crippen molar-refractivity contribution < 1.29 is 9.47 Å². The van der Waals surface area contributed by atoms with Gasteiger partial charge in [0.05, 0.1) is 26.0 Å². The van der Waals surface area contributed by atoms with Gasteiger partial charge >= 0.3 is 0 Å². The van der Waals surface area contributed by atoms with E-state index in [4.69, 9.17) is 26.8 Å². The molecule has 0 unspecified atom stereocenters. The van der Waals surface area contributed by atoms with Crippen molar-refractivity contribution in [3.05, 3.63) is 29.0 Å². The van der Waals surface area contributed by atoms with Gasteiger partial charge in [0.25, 0.3) is 0 Å². The maximum Gasteiger partial charge on any atom is 0.199 e. The van der Waals surface area contributed by atoms with Gasteiger partial charge in [-0.05, 0) is 50.3 Å². The number of rotatable bonds is 4. The highest BCUT2D eigenvalue weighted by Gasteiger charge is 2.23. The Morgan fingerprint density at radius 2 is 1.83 bits per heavy atom. The van der Waals surface area contributed by atoms with Gasteiger partial charge in [-0.25, -0.2) is 4.68 Å². The summed E-state index contributed by atoms with van der Waals surface area (Å²) in [4.78, 5) is 2.33. The predicted molar refractivity (Wildman–Crippen MR) is 95.6 cm³/mol. The lowest BCUT2D eigenvalue weighted by molar-refractivity contribution is -0.0777. The average molecular weight is 348 g/mol. The number of hydrogen-bond acceptors (Lipinski definition) is 5. The predicted octanol–water partition coefficient (Wildman–Crippen LogP) is 2.69. The highest BCUT2D eigenvalue weighted by molar-refractivity contribution is 7.71. The van der Waals surface area contributed by atoms with Crippen LogP contribution in [0.2, 0.25) is 0 Å². The molecule has 3 rings (SSSR count). The molecule has 24 heavy (non-hydrogen) atoms. The van der Waals surface area contributed by atoms with Crippen LogP contribution in [0.4, 0.5) is 0 Å². The summed E-state index contributed by atoms with van der Waals surface area (Å²) < 4.78 is 15.6. The van der Waals surface area contributed by atoms with E-state index in [-0.39, 0.29) is 12.2 Å². The van der Waals surface area contributed by atoms with Crippen LogP contribution in [0.1, 0.15) is 13.8 Å². The molecule has 2 atom stereocenters. The molecule has 0 amide bonds. The molecule has 1 aliphatic rings. The maximum absolute atomic E-state index is 5.79. The summed E-state index contributed by atoms with van der Waals surface area (Å²) >= 11 is 5.57. The molecule has 1 aliphatic heterocycles. The number of nitrogens with zero attached hydrogens (tertiary/aromatic N) is 4. The third-order valence-corrected chi connectivity index (χ3v) is 4.70. The van der Waals surface area contributed by atoms with E-state index in [1.807, 2.05) is 40.6 Å². The third kappa shape index (κ3) is 3.53. The van der Waals surface area contributed by atoms with Crippen molar-refractivity contribution in [3.8, 4) is 17.1 Å². The number of hydrogen-bond donors (Lipinski definition) is 0. The van der Waals surface area contributed by atoms with E-state index >= 15 is 0 Å². The summed E-state index contributed by atoms with van der Waals surface area (Å²) in [6.07, 6.45) is 0.459. The zero-order chi connectivity index (χ0) is 17.3. The van der Waals surface area contributed by atoms with Crippen LogP contribution < -0.4 is 4.74 Å². The number of benzene rings is 1. The number of methoxy groups -OCH3 is 1. The van der Waals surface area contributed by atoms with Gasteiger partial charge in [0.15, 0.2) is 10.6 Å². The summed E-state index contributed by atoms with van der Waals surface area (Å²) in [5.41, 5.74) is 1.02. The van der Waals surface area contributed by atoms with Crippen LogP contribution in [-0.4, -0.2) is 51.7 Å². The van der Waals surface area contributed by atoms with Crippen molar-refractivity contribution in [1.82, 2.24) is 19.2 Å². The Hall–Kier alpha value is -1.70. The van der Waals surface area contributed by atoms with Crippen molar-refractivity contribution in [1.29, 1.82) is 0 Å². The second-order valence-corrected chi connectivity index (χ2v) is 6.69. The van der Waals surface area contributed by atoms with Crippen molar-refractivity contribution >= 4 is 12.2 Å². The van der Waals surface area contributed by atoms with Gasteiger partial charge in [0.1, 0.15) is 5.75 Å². The first-order valence-corrected chi connectivity index (χ1v) is 8.55. The lowest BCUT2D eigenvalue weighted by Crippen LogP contribution is -2.46. The quantitative estimate of drug-likeness (QED) is 0.795. The van der Waals surface area contributed by atoms with Crippen LogP contribution in [-0.2, 0) is 18.5 Å². The summed E-state index contributed by atoms with van der Waals surface area (Å²) in [5, 5.41) is 4.73. The molecule has 1 fully saturated rings. The molecular weight excluding hydrogens is 324 g/mol. The average Bonchev–Trinajstić information content (AvgIpc) is 2.82. The molecule has 7 heteroatoms. The second kappa shape index (κ2) is 7.04. The first-order chi connectivity index (χ1) is 11.5. The first kappa shape index (κ1) is 17.1. The summed E-state index contributed by atoms with van der Waals surface area (Å²) in [6.45, 7) is 6.66. The van der Waals surface area contributed by atoms with E-state index in [9.17, 15) is 0 Å². The maximum atomic E-state index is 5.79. The molecule has 0 aliphatic carbocycles. The van der Waals surface area contributed by atoms with Crippen LogP contribution in [0, 0.1) is 4.77 Å². The zero-order valence-corrected chi connectivity index (χ0v) is 15.4. The van der Waals surface area contributed by atoms with Gasteiger partial charge in [-0.15, -0.1) is 0 Å². The Bertz CT molecular complexity index is 743. The Morgan fingerprint density at radius 3 is 2.42 bits per heavy atom. The van der Waals surface area contributed by atoms with Crippen molar-refractivity contribution in [2.75, 3.05) is 20.2 Å². The van der Waals surface area contributed by atoms with E-state index in [1.54, 1.807) is 7.11 Å². The molecule has 1 aromatic heterocycles. The summed E-state index contributed by atoms with van der Waals surface area (Å²) in [5.74, 6) is 1.69. The van der Waals surface area contributed by atoms with E-state index in [1.165, 1.54) is 0 Å². The number of morpholine rings is 1. The number of aromatic nitrogens is 3. The molecule has 2 aromatic rings. The van der Waals surface area contributed by atoms with Crippen LogP contribution >= 0.6 is 12.2 Å².